The molecule has 0 saturated heterocycles. The average molecular weight is 388 g/mol. The molecule has 1 aliphatic heterocycles. The summed E-state index contributed by atoms with van der Waals surface area (Å²) in [7, 11) is -3.21. The third-order valence-corrected chi connectivity index (χ3v) is 6.79. The molecule has 4 aromatic rings. The van der Waals surface area contributed by atoms with E-state index in [0.29, 0.717) is 4.90 Å². The van der Waals surface area contributed by atoms with E-state index in [-0.39, 0.29) is 0 Å². The highest BCUT2D eigenvalue weighted by molar-refractivity contribution is 7.90. The molecular formula is C24H21NO2S. The molecule has 28 heavy (non-hydrogen) atoms. The first-order valence-corrected chi connectivity index (χ1v) is 11.3. The minimum atomic E-state index is -3.21. The zero-order chi connectivity index (χ0) is 19.5. The van der Waals surface area contributed by atoms with Crippen molar-refractivity contribution in [3.63, 3.8) is 0 Å². The molecule has 0 amide bonds. The molecule has 0 saturated carbocycles. The minimum absolute atomic E-state index is 0.352. The highest BCUT2D eigenvalue weighted by Gasteiger charge is 2.25. The summed E-state index contributed by atoms with van der Waals surface area (Å²) in [4.78, 5) is 0.352. The Morgan fingerprint density at radius 2 is 1.54 bits per heavy atom. The number of hydrogen-bond acceptors (Lipinski definition) is 2. The number of aromatic nitrogens is 1. The second-order valence-corrected chi connectivity index (χ2v) is 9.62. The van der Waals surface area contributed by atoms with Crippen LogP contribution in [0, 0.1) is 6.92 Å². The van der Waals surface area contributed by atoms with E-state index in [4.69, 9.17) is 0 Å². The van der Waals surface area contributed by atoms with Crippen molar-refractivity contribution in [2.75, 3.05) is 6.26 Å². The van der Waals surface area contributed by atoms with Gasteiger partial charge in [0.05, 0.1) is 16.1 Å². The second kappa shape index (κ2) is 6.08. The van der Waals surface area contributed by atoms with Crippen LogP contribution in [0.3, 0.4) is 0 Å². The van der Waals surface area contributed by atoms with Crippen molar-refractivity contribution in [3.05, 3.63) is 77.9 Å². The SMILES string of the molecule is Cc1ccc(-c2c(-c3ccc(S(C)(=O)=O)cc3)c3cccc4c3n2CC4)cc1. The molecule has 2 heterocycles. The molecule has 0 fully saturated rings. The molecule has 0 unspecified atom stereocenters. The van der Waals surface area contributed by atoms with E-state index in [1.807, 2.05) is 12.1 Å². The van der Waals surface area contributed by atoms with Crippen molar-refractivity contribution in [1.82, 2.24) is 4.57 Å². The zero-order valence-corrected chi connectivity index (χ0v) is 16.8. The highest BCUT2D eigenvalue weighted by atomic mass is 32.2. The third kappa shape index (κ3) is 2.60. The van der Waals surface area contributed by atoms with Gasteiger partial charge in [-0.05, 0) is 42.2 Å². The lowest BCUT2D eigenvalue weighted by molar-refractivity contribution is 0.602. The maximum Gasteiger partial charge on any atom is 0.175 e. The molecule has 5 rings (SSSR count). The van der Waals surface area contributed by atoms with Crippen LogP contribution in [0.25, 0.3) is 33.3 Å². The van der Waals surface area contributed by atoms with Gasteiger partial charge in [-0.2, -0.15) is 0 Å². The van der Waals surface area contributed by atoms with E-state index < -0.39 is 9.84 Å². The van der Waals surface area contributed by atoms with E-state index >= 15 is 0 Å². The molecule has 0 atom stereocenters. The molecule has 140 valence electrons. The maximum absolute atomic E-state index is 11.9. The molecule has 4 heteroatoms. The lowest BCUT2D eigenvalue weighted by Gasteiger charge is -2.11. The van der Waals surface area contributed by atoms with E-state index in [0.717, 1.165) is 18.5 Å². The van der Waals surface area contributed by atoms with Gasteiger partial charge in [-0.25, -0.2) is 8.42 Å². The minimum Gasteiger partial charge on any atom is -0.339 e. The van der Waals surface area contributed by atoms with Crippen LogP contribution in [0.5, 0.6) is 0 Å². The molecule has 0 aliphatic carbocycles. The van der Waals surface area contributed by atoms with Crippen LogP contribution in [-0.2, 0) is 22.8 Å². The summed E-state index contributed by atoms with van der Waals surface area (Å²) in [6, 6.07) is 22.5. The van der Waals surface area contributed by atoms with Gasteiger partial charge in [0.25, 0.3) is 0 Å². The molecule has 3 nitrogen and oxygen atoms in total. The van der Waals surface area contributed by atoms with Crippen LogP contribution < -0.4 is 0 Å². The largest absolute Gasteiger partial charge is 0.339 e. The van der Waals surface area contributed by atoms with Crippen molar-refractivity contribution < 1.29 is 8.42 Å². The van der Waals surface area contributed by atoms with Gasteiger partial charge >= 0.3 is 0 Å². The van der Waals surface area contributed by atoms with Gasteiger partial charge in [-0.3, -0.25) is 0 Å². The van der Waals surface area contributed by atoms with Gasteiger partial charge in [0.1, 0.15) is 0 Å². The monoisotopic (exact) mass is 387 g/mol. The molecule has 3 aromatic carbocycles. The number of hydrogen-bond donors (Lipinski definition) is 0. The summed E-state index contributed by atoms with van der Waals surface area (Å²) in [5, 5.41) is 1.23. The van der Waals surface area contributed by atoms with E-state index in [9.17, 15) is 8.42 Å². The number of benzene rings is 3. The Morgan fingerprint density at radius 3 is 2.21 bits per heavy atom. The van der Waals surface area contributed by atoms with Crippen molar-refractivity contribution >= 4 is 20.7 Å². The number of sulfone groups is 1. The van der Waals surface area contributed by atoms with Crippen LogP contribution in [0.2, 0.25) is 0 Å². The molecule has 1 aromatic heterocycles. The normalized spacial score (nSPS) is 13.4. The number of nitrogens with zero attached hydrogens (tertiary/aromatic N) is 1. The zero-order valence-electron chi connectivity index (χ0n) is 15.9. The van der Waals surface area contributed by atoms with Crippen molar-refractivity contribution in [1.29, 1.82) is 0 Å². The van der Waals surface area contributed by atoms with Crippen molar-refractivity contribution in [3.8, 4) is 22.4 Å². The smallest absolute Gasteiger partial charge is 0.175 e. The lowest BCUT2D eigenvalue weighted by atomic mass is 9.96. The number of para-hydroxylation sites is 1. The Labute approximate surface area is 165 Å². The van der Waals surface area contributed by atoms with E-state index in [1.165, 1.54) is 45.1 Å². The van der Waals surface area contributed by atoms with Crippen LogP contribution in [0.15, 0.2) is 71.6 Å². The first-order valence-electron chi connectivity index (χ1n) is 9.45. The molecule has 0 spiro atoms. The third-order valence-electron chi connectivity index (χ3n) is 5.67. The summed E-state index contributed by atoms with van der Waals surface area (Å²) < 4.78 is 26.2. The summed E-state index contributed by atoms with van der Waals surface area (Å²) in [5.41, 5.74) is 8.56. The van der Waals surface area contributed by atoms with Gasteiger partial charge < -0.3 is 4.57 Å². The van der Waals surface area contributed by atoms with Crippen molar-refractivity contribution in [2.24, 2.45) is 0 Å². The van der Waals surface area contributed by atoms with Gasteiger partial charge in [0.2, 0.25) is 0 Å². The lowest BCUT2D eigenvalue weighted by Crippen LogP contribution is -1.98. The summed E-state index contributed by atoms with van der Waals surface area (Å²) in [5.74, 6) is 0. The van der Waals surface area contributed by atoms with Crippen LogP contribution in [0.4, 0.5) is 0 Å². The number of aryl methyl sites for hydroxylation is 3. The second-order valence-electron chi connectivity index (χ2n) is 7.60. The first-order chi connectivity index (χ1) is 13.4. The van der Waals surface area contributed by atoms with E-state index in [1.54, 1.807) is 12.1 Å². The maximum atomic E-state index is 11.9. The van der Waals surface area contributed by atoms with Gasteiger partial charge in [-0.1, -0.05) is 60.2 Å². The van der Waals surface area contributed by atoms with Crippen molar-refractivity contribution in [2.45, 2.75) is 24.8 Å². The van der Waals surface area contributed by atoms with E-state index in [2.05, 4.69) is 54.0 Å². The average Bonchev–Trinajstić information content (AvgIpc) is 3.25. The fraction of sp³-hybridized carbons (Fsp3) is 0.167. The van der Waals surface area contributed by atoms with Gasteiger partial charge in [0, 0.05) is 23.8 Å². The Bertz CT molecular complexity index is 1310. The van der Waals surface area contributed by atoms with Crippen LogP contribution in [-0.4, -0.2) is 19.2 Å². The first kappa shape index (κ1) is 17.3. The Balaban J connectivity index is 1.82. The molecule has 0 N–H and O–H groups in total. The summed E-state index contributed by atoms with van der Waals surface area (Å²) >= 11 is 0. The predicted molar refractivity (Wildman–Crippen MR) is 114 cm³/mol. The van der Waals surface area contributed by atoms with Crippen LogP contribution in [0.1, 0.15) is 11.1 Å². The molecule has 0 bridgehead atoms. The van der Waals surface area contributed by atoms with Gasteiger partial charge in [-0.15, -0.1) is 0 Å². The fourth-order valence-electron chi connectivity index (χ4n) is 4.32. The summed E-state index contributed by atoms with van der Waals surface area (Å²) in [6.07, 6.45) is 2.30. The quantitative estimate of drug-likeness (QED) is 0.482. The van der Waals surface area contributed by atoms with Gasteiger partial charge in [0.15, 0.2) is 9.84 Å². The number of rotatable bonds is 3. The Hall–Kier alpha value is -2.85. The molecule has 1 aliphatic rings. The fourth-order valence-corrected chi connectivity index (χ4v) is 4.95. The topological polar surface area (TPSA) is 39.1 Å². The molecule has 0 radical (unpaired) electrons. The predicted octanol–water partition coefficient (Wildman–Crippen LogP) is 5.24. The Kier molecular flexibility index (Phi) is 3.75. The standard InChI is InChI=1S/C24H21NO2S/c1-16-6-8-19(9-7-16)24-22(17-10-12-20(13-11-17)28(2,26)27)21-5-3-4-18-14-15-25(24)23(18)21/h3-13H,14-15H2,1-2H3. The van der Waals surface area contributed by atoms with Crippen LogP contribution >= 0.6 is 0 Å². The summed E-state index contributed by atoms with van der Waals surface area (Å²) in [6.45, 7) is 3.07. The highest BCUT2D eigenvalue weighted by Crippen LogP contribution is 2.44. The molecular weight excluding hydrogens is 366 g/mol. The Morgan fingerprint density at radius 1 is 0.857 bits per heavy atom.